The average Bonchev–Trinajstić information content (AvgIpc) is 2.12. The highest BCUT2D eigenvalue weighted by Gasteiger charge is 2.35. The molecule has 0 heterocycles. The van der Waals surface area contributed by atoms with Crippen LogP contribution in [0.2, 0.25) is 0 Å². The van der Waals surface area contributed by atoms with Gasteiger partial charge >= 0.3 is 5.97 Å². The first-order valence-electron chi connectivity index (χ1n) is 4.27. The van der Waals surface area contributed by atoms with Gasteiger partial charge in [0.1, 0.15) is 0 Å². The first kappa shape index (κ1) is 12.9. The number of hydrogen-bond acceptors (Lipinski definition) is 3. The second-order valence-corrected chi connectivity index (χ2v) is 3.86. The number of rotatable bonds is 5. The van der Waals surface area contributed by atoms with Gasteiger partial charge in [0.2, 0.25) is 5.91 Å². The van der Waals surface area contributed by atoms with Crippen LogP contribution in [0.15, 0.2) is 0 Å². The highest BCUT2D eigenvalue weighted by Crippen LogP contribution is 2.30. The lowest BCUT2D eigenvalue weighted by atomic mass is 9.77. The highest BCUT2D eigenvalue weighted by atomic mass is 19.1. The van der Waals surface area contributed by atoms with E-state index in [2.05, 4.69) is 4.74 Å². The lowest BCUT2D eigenvalue weighted by Crippen LogP contribution is -2.38. The molecular weight excluding hydrogens is 189 g/mol. The Bertz CT molecular complexity index is 228. The van der Waals surface area contributed by atoms with Gasteiger partial charge in [-0.15, -0.1) is 0 Å². The van der Waals surface area contributed by atoms with E-state index in [1.807, 2.05) is 0 Å². The Morgan fingerprint density at radius 3 is 2.29 bits per heavy atom. The molecule has 0 aromatic heterocycles. The number of primary amides is 1. The summed E-state index contributed by atoms with van der Waals surface area (Å²) in [5.74, 6) is -2.08. The van der Waals surface area contributed by atoms with Gasteiger partial charge in [-0.05, 0) is 0 Å². The molecule has 0 unspecified atom stereocenters. The van der Waals surface area contributed by atoms with Crippen LogP contribution in [0.4, 0.5) is 4.39 Å². The van der Waals surface area contributed by atoms with Crippen LogP contribution in [0.25, 0.3) is 0 Å². The third-order valence-electron chi connectivity index (χ3n) is 2.23. The van der Waals surface area contributed by atoms with E-state index in [1.165, 1.54) is 7.11 Å². The van der Waals surface area contributed by atoms with Crippen molar-refractivity contribution in [2.24, 2.45) is 17.1 Å². The summed E-state index contributed by atoms with van der Waals surface area (Å²) < 4.78 is 17.0. The van der Waals surface area contributed by atoms with E-state index in [1.54, 1.807) is 13.8 Å². The highest BCUT2D eigenvalue weighted by molar-refractivity contribution is 5.83. The van der Waals surface area contributed by atoms with Gasteiger partial charge in [-0.2, -0.15) is 0 Å². The predicted octanol–water partition coefficient (Wildman–Crippen LogP) is 0.647. The van der Waals surface area contributed by atoms with E-state index < -0.39 is 29.9 Å². The number of halogens is 1. The first-order chi connectivity index (χ1) is 6.35. The van der Waals surface area contributed by atoms with Gasteiger partial charge in [0.25, 0.3) is 0 Å². The fraction of sp³-hybridized carbons (Fsp3) is 0.778. The van der Waals surface area contributed by atoms with Crippen molar-refractivity contribution in [3.63, 3.8) is 0 Å². The molecule has 82 valence electrons. The average molecular weight is 205 g/mol. The van der Waals surface area contributed by atoms with Crippen molar-refractivity contribution in [2.75, 3.05) is 13.8 Å². The molecule has 0 rings (SSSR count). The van der Waals surface area contributed by atoms with E-state index in [-0.39, 0.29) is 6.42 Å². The number of esters is 1. The van der Waals surface area contributed by atoms with Crippen molar-refractivity contribution >= 4 is 11.9 Å². The molecule has 0 aromatic rings. The first-order valence-corrected chi connectivity index (χ1v) is 4.27. The Morgan fingerprint density at radius 1 is 1.50 bits per heavy atom. The molecule has 0 aliphatic heterocycles. The minimum Gasteiger partial charge on any atom is -0.469 e. The van der Waals surface area contributed by atoms with Gasteiger partial charge in [-0.1, -0.05) is 13.8 Å². The molecule has 1 atom stereocenters. The van der Waals surface area contributed by atoms with Crippen molar-refractivity contribution < 1.29 is 18.7 Å². The third kappa shape index (κ3) is 3.32. The van der Waals surface area contributed by atoms with Crippen LogP contribution in [-0.4, -0.2) is 25.7 Å². The standard InChI is InChI=1S/C9H16FNO3/c1-9(2,5-10)6(8(11)13)4-7(12)14-3/h6H,4-5H2,1-3H3,(H2,11,13)/t6-/m1/s1. The van der Waals surface area contributed by atoms with Crippen molar-refractivity contribution in [3.8, 4) is 0 Å². The topological polar surface area (TPSA) is 69.4 Å². The zero-order valence-electron chi connectivity index (χ0n) is 8.67. The molecule has 0 saturated heterocycles. The maximum absolute atomic E-state index is 12.6. The number of hydrogen-bond donors (Lipinski definition) is 1. The van der Waals surface area contributed by atoms with Gasteiger partial charge in [0.15, 0.2) is 0 Å². The molecule has 0 aliphatic carbocycles. The van der Waals surface area contributed by atoms with Crippen molar-refractivity contribution in [3.05, 3.63) is 0 Å². The Hall–Kier alpha value is -1.13. The van der Waals surface area contributed by atoms with Crippen molar-refractivity contribution in [2.45, 2.75) is 20.3 Å². The lowest BCUT2D eigenvalue weighted by Gasteiger charge is -2.28. The lowest BCUT2D eigenvalue weighted by molar-refractivity contribution is -0.146. The van der Waals surface area contributed by atoms with Gasteiger partial charge in [0, 0.05) is 5.41 Å². The van der Waals surface area contributed by atoms with Crippen LogP contribution in [-0.2, 0) is 14.3 Å². The van der Waals surface area contributed by atoms with Gasteiger partial charge in [-0.3, -0.25) is 14.0 Å². The van der Waals surface area contributed by atoms with Gasteiger partial charge < -0.3 is 10.5 Å². The van der Waals surface area contributed by atoms with Crippen LogP contribution < -0.4 is 5.73 Å². The maximum atomic E-state index is 12.6. The van der Waals surface area contributed by atoms with Crippen LogP contribution >= 0.6 is 0 Å². The predicted molar refractivity (Wildman–Crippen MR) is 49.1 cm³/mol. The van der Waals surface area contributed by atoms with Crippen LogP contribution in [0, 0.1) is 11.3 Å². The summed E-state index contributed by atoms with van der Waals surface area (Å²) in [5.41, 5.74) is 4.16. The van der Waals surface area contributed by atoms with Crippen LogP contribution in [0.1, 0.15) is 20.3 Å². The van der Waals surface area contributed by atoms with E-state index in [0.717, 1.165) is 0 Å². The Labute approximate surface area is 82.6 Å². The molecule has 0 aliphatic rings. The molecule has 0 saturated carbocycles. The maximum Gasteiger partial charge on any atom is 0.306 e. The Morgan fingerprint density at radius 2 is 2.00 bits per heavy atom. The van der Waals surface area contributed by atoms with Crippen molar-refractivity contribution in [1.82, 2.24) is 0 Å². The Kier molecular flexibility index (Phi) is 4.53. The molecule has 0 fully saturated rings. The number of carbonyl (C=O) groups is 2. The molecule has 1 amide bonds. The minimum absolute atomic E-state index is 0.178. The van der Waals surface area contributed by atoms with Crippen LogP contribution in [0.5, 0.6) is 0 Å². The molecule has 4 nitrogen and oxygen atoms in total. The van der Waals surface area contributed by atoms with E-state index >= 15 is 0 Å². The number of nitrogens with two attached hydrogens (primary N) is 1. The van der Waals surface area contributed by atoms with Gasteiger partial charge in [0.05, 0.1) is 26.1 Å². The summed E-state index contributed by atoms with van der Waals surface area (Å²) >= 11 is 0. The molecular formula is C9H16FNO3. The van der Waals surface area contributed by atoms with E-state index in [4.69, 9.17) is 5.73 Å². The molecule has 2 N–H and O–H groups in total. The molecule has 0 spiro atoms. The van der Waals surface area contributed by atoms with Crippen LogP contribution in [0.3, 0.4) is 0 Å². The molecule has 0 radical (unpaired) electrons. The second-order valence-electron chi connectivity index (χ2n) is 3.86. The second kappa shape index (κ2) is 4.93. The fourth-order valence-corrected chi connectivity index (χ4v) is 1.11. The summed E-state index contributed by atoms with van der Waals surface area (Å²) in [7, 11) is 1.21. The number of ether oxygens (including phenoxy) is 1. The molecule has 0 bridgehead atoms. The smallest absolute Gasteiger partial charge is 0.306 e. The number of amides is 1. The summed E-state index contributed by atoms with van der Waals surface area (Å²) in [6.07, 6.45) is -0.178. The summed E-state index contributed by atoms with van der Waals surface area (Å²) in [6.45, 7) is 2.38. The zero-order chi connectivity index (χ0) is 11.4. The summed E-state index contributed by atoms with van der Waals surface area (Å²) in [4.78, 5) is 21.9. The van der Waals surface area contributed by atoms with Crippen molar-refractivity contribution in [1.29, 1.82) is 0 Å². The fourth-order valence-electron chi connectivity index (χ4n) is 1.11. The molecule has 14 heavy (non-hydrogen) atoms. The van der Waals surface area contributed by atoms with E-state index in [0.29, 0.717) is 0 Å². The number of carbonyl (C=O) groups excluding carboxylic acids is 2. The third-order valence-corrected chi connectivity index (χ3v) is 2.23. The normalized spacial score (nSPS) is 13.4. The Balaban J connectivity index is 4.61. The SMILES string of the molecule is COC(=O)C[C@H](C(N)=O)C(C)(C)CF. The quantitative estimate of drug-likeness (QED) is 0.670. The summed E-state index contributed by atoms with van der Waals surface area (Å²) in [5, 5.41) is 0. The largest absolute Gasteiger partial charge is 0.469 e. The molecule has 5 heteroatoms. The number of alkyl halides is 1. The van der Waals surface area contributed by atoms with Gasteiger partial charge in [-0.25, -0.2) is 0 Å². The monoisotopic (exact) mass is 205 g/mol. The number of methoxy groups -OCH3 is 1. The summed E-state index contributed by atoms with van der Waals surface area (Å²) in [6, 6.07) is 0. The van der Waals surface area contributed by atoms with E-state index in [9.17, 15) is 14.0 Å². The molecule has 0 aromatic carbocycles. The zero-order valence-corrected chi connectivity index (χ0v) is 8.67. The minimum atomic E-state index is -0.931.